The lowest BCUT2D eigenvalue weighted by atomic mass is 10.1. The van der Waals surface area contributed by atoms with Gasteiger partial charge in [-0.3, -0.25) is 4.90 Å². The van der Waals surface area contributed by atoms with E-state index in [1.165, 1.54) is 21.2 Å². The van der Waals surface area contributed by atoms with Crippen LogP contribution in [0.4, 0.5) is 11.4 Å². The molecule has 0 saturated carbocycles. The molecule has 0 aromatic heterocycles. The summed E-state index contributed by atoms with van der Waals surface area (Å²) in [5, 5.41) is 0. The van der Waals surface area contributed by atoms with Crippen LogP contribution in [0.15, 0.2) is 58.3 Å². The molecule has 3 nitrogen and oxygen atoms in total. The first-order valence-electron chi connectivity index (χ1n) is 8.04. The molecule has 1 atom stereocenters. The molecule has 0 N–H and O–H groups in total. The fraction of sp³-hybridized carbons (Fsp3) is 0.368. The predicted octanol–water partition coefficient (Wildman–Crippen LogP) is 4.13. The first-order chi connectivity index (χ1) is 11.1. The van der Waals surface area contributed by atoms with E-state index >= 15 is 0 Å². The van der Waals surface area contributed by atoms with Crippen LogP contribution in [0.5, 0.6) is 0 Å². The SMILES string of the molecule is CN(C)CCC(N(C)C)N1c2ccccc2Sc2ccccc21. The molecule has 3 rings (SSSR count). The van der Waals surface area contributed by atoms with Gasteiger partial charge in [0.05, 0.1) is 17.5 Å². The molecule has 2 aromatic rings. The maximum absolute atomic E-state index is 2.50. The van der Waals surface area contributed by atoms with Gasteiger partial charge in [0.25, 0.3) is 0 Å². The van der Waals surface area contributed by atoms with Crippen molar-refractivity contribution in [2.24, 2.45) is 0 Å². The van der Waals surface area contributed by atoms with E-state index in [0.29, 0.717) is 6.17 Å². The number of hydrogen-bond donors (Lipinski definition) is 0. The van der Waals surface area contributed by atoms with Crippen molar-refractivity contribution in [3.05, 3.63) is 48.5 Å². The minimum Gasteiger partial charge on any atom is -0.323 e. The third-order valence-corrected chi connectivity index (χ3v) is 5.33. The molecule has 1 heterocycles. The van der Waals surface area contributed by atoms with Crippen LogP contribution in [0.2, 0.25) is 0 Å². The van der Waals surface area contributed by atoms with Crippen molar-refractivity contribution in [3.8, 4) is 0 Å². The first-order valence-corrected chi connectivity index (χ1v) is 8.86. The average molecular weight is 327 g/mol. The molecule has 0 radical (unpaired) electrons. The lowest BCUT2D eigenvalue weighted by Gasteiger charge is -2.42. The van der Waals surface area contributed by atoms with Gasteiger partial charge in [0.1, 0.15) is 0 Å². The van der Waals surface area contributed by atoms with Gasteiger partial charge in [0, 0.05) is 16.3 Å². The lowest BCUT2D eigenvalue weighted by Crippen LogP contribution is -2.45. The van der Waals surface area contributed by atoms with Crippen molar-refractivity contribution >= 4 is 23.1 Å². The second-order valence-corrected chi connectivity index (χ2v) is 7.53. The highest BCUT2D eigenvalue weighted by atomic mass is 32.2. The maximum Gasteiger partial charge on any atom is 0.0878 e. The summed E-state index contributed by atoms with van der Waals surface area (Å²) >= 11 is 1.87. The van der Waals surface area contributed by atoms with E-state index in [9.17, 15) is 0 Å². The largest absolute Gasteiger partial charge is 0.323 e. The Morgan fingerprint density at radius 2 is 1.39 bits per heavy atom. The Labute approximate surface area is 143 Å². The molecular weight excluding hydrogens is 302 g/mol. The van der Waals surface area contributed by atoms with Gasteiger partial charge < -0.3 is 9.80 Å². The van der Waals surface area contributed by atoms with E-state index in [4.69, 9.17) is 0 Å². The van der Waals surface area contributed by atoms with E-state index in [2.05, 4.69) is 91.4 Å². The summed E-state index contributed by atoms with van der Waals surface area (Å²) in [5.74, 6) is 0. The van der Waals surface area contributed by atoms with Gasteiger partial charge in [-0.1, -0.05) is 36.0 Å². The van der Waals surface area contributed by atoms with Crippen molar-refractivity contribution in [3.63, 3.8) is 0 Å². The second-order valence-electron chi connectivity index (χ2n) is 6.44. The van der Waals surface area contributed by atoms with Gasteiger partial charge in [0.2, 0.25) is 0 Å². The molecule has 2 aromatic carbocycles. The van der Waals surface area contributed by atoms with Crippen LogP contribution in [0.1, 0.15) is 6.42 Å². The minimum absolute atomic E-state index is 0.334. The van der Waals surface area contributed by atoms with Crippen LogP contribution < -0.4 is 4.90 Å². The van der Waals surface area contributed by atoms with Crippen molar-refractivity contribution in [2.75, 3.05) is 39.6 Å². The summed E-state index contributed by atoms with van der Waals surface area (Å²) in [5.41, 5.74) is 2.63. The smallest absolute Gasteiger partial charge is 0.0878 e. The van der Waals surface area contributed by atoms with Crippen LogP contribution in [0.25, 0.3) is 0 Å². The molecule has 0 bridgehead atoms. The van der Waals surface area contributed by atoms with E-state index in [-0.39, 0.29) is 0 Å². The number of nitrogens with zero attached hydrogens (tertiary/aromatic N) is 3. The monoisotopic (exact) mass is 327 g/mol. The molecule has 0 amide bonds. The topological polar surface area (TPSA) is 9.72 Å². The molecule has 0 spiro atoms. The summed E-state index contributed by atoms with van der Waals surface area (Å²) in [4.78, 5) is 9.76. The molecule has 122 valence electrons. The van der Waals surface area contributed by atoms with Crippen LogP contribution in [0.3, 0.4) is 0 Å². The zero-order valence-electron chi connectivity index (χ0n) is 14.4. The van der Waals surface area contributed by atoms with Crippen molar-refractivity contribution in [1.29, 1.82) is 0 Å². The molecule has 0 saturated heterocycles. The maximum atomic E-state index is 2.50. The second kappa shape index (κ2) is 6.95. The number of rotatable bonds is 5. The molecule has 1 unspecified atom stereocenters. The van der Waals surface area contributed by atoms with E-state index < -0.39 is 0 Å². The van der Waals surface area contributed by atoms with Crippen molar-refractivity contribution in [2.45, 2.75) is 22.4 Å². The number of benzene rings is 2. The highest BCUT2D eigenvalue weighted by Crippen LogP contribution is 2.49. The number of hydrogen-bond acceptors (Lipinski definition) is 4. The predicted molar refractivity (Wildman–Crippen MR) is 99.8 cm³/mol. The van der Waals surface area contributed by atoms with E-state index in [1.807, 2.05) is 11.8 Å². The Balaban J connectivity index is 2.05. The Morgan fingerprint density at radius 3 is 1.87 bits per heavy atom. The van der Waals surface area contributed by atoms with Crippen LogP contribution in [-0.4, -0.2) is 50.7 Å². The molecular formula is C19H25N3S. The van der Waals surface area contributed by atoms with Crippen molar-refractivity contribution in [1.82, 2.24) is 9.80 Å². The Hall–Kier alpha value is -1.49. The van der Waals surface area contributed by atoms with Gasteiger partial charge in [-0.2, -0.15) is 0 Å². The summed E-state index contributed by atoms with van der Waals surface area (Å²) < 4.78 is 0. The quantitative estimate of drug-likeness (QED) is 0.816. The molecule has 0 fully saturated rings. The lowest BCUT2D eigenvalue weighted by molar-refractivity contribution is 0.253. The highest BCUT2D eigenvalue weighted by molar-refractivity contribution is 7.99. The van der Waals surface area contributed by atoms with E-state index in [0.717, 1.165) is 13.0 Å². The summed E-state index contributed by atoms with van der Waals surface area (Å²) in [6.07, 6.45) is 1.42. The van der Waals surface area contributed by atoms with Gasteiger partial charge in [-0.25, -0.2) is 0 Å². The van der Waals surface area contributed by atoms with E-state index in [1.54, 1.807) is 0 Å². The summed E-state index contributed by atoms with van der Waals surface area (Å²) in [6.45, 7) is 1.07. The third-order valence-electron chi connectivity index (χ3n) is 4.20. The third kappa shape index (κ3) is 3.39. The standard InChI is InChI=1S/C19H25N3S/c1-20(2)14-13-19(21(3)4)22-15-9-5-7-11-17(15)23-18-12-8-6-10-16(18)22/h5-12,19H,13-14H2,1-4H3. The molecule has 23 heavy (non-hydrogen) atoms. The minimum atomic E-state index is 0.334. The Bertz CT molecular complexity index is 624. The Kier molecular flexibility index (Phi) is 4.95. The molecule has 0 aliphatic carbocycles. The highest BCUT2D eigenvalue weighted by Gasteiger charge is 2.29. The Morgan fingerprint density at radius 1 is 0.870 bits per heavy atom. The molecule has 1 aliphatic heterocycles. The zero-order valence-corrected chi connectivity index (χ0v) is 15.2. The number of anilines is 2. The fourth-order valence-corrected chi connectivity index (χ4v) is 4.12. The fourth-order valence-electron chi connectivity index (χ4n) is 3.05. The first kappa shape index (κ1) is 16.4. The molecule has 1 aliphatic rings. The van der Waals surface area contributed by atoms with Crippen LogP contribution in [-0.2, 0) is 0 Å². The summed E-state index contributed by atoms with van der Waals surface area (Å²) in [6, 6.07) is 17.5. The van der Waals surface area contributed by atoms with Gasteiger partial charge in [-0.15, -0.1) is 0 Å². The van der Waals surface area contributed by atoms with Gasteiger partial charge in [0.15, 0.2) is 0 Å². The number of para-hydroxylation sites is 2. The van der Waals surface area contributed by atoms with Crippen molar-refractivity contribution < 1.29 is 0 Å². The zero-order chi connectivity index (χ0) is 16.4. The normalized spacial score (nSPS) is 14.8. The van der Waals surface area contributed by atoms with Gasteiger partial charge in [-0.05, 0) is 58.9 Å². The van der Waals surface area contributed by atoms with Crippen LogP contribution >= 0.6 is 11.8 Å². The number of fused-ring (bicyclic) bond motifs is 2. The molecule has 4 heteroatoms. The van der Waals surface area contributed by atoms with Gasteiger partial charge >= 0.3 is 0 Å². The summed E-state index contributed by atoms with van der Waals surface area (Å²) in [7, 11) is 8.63. The van der Waals surface area contributed by atoms with Crippen LogP contribution in [0, 0.1) is 0 Å². The average Bonchev–Trinajstić information content (AvgIpc) is 2.53.